The molecule has 0 saturated heterocycles. The summed E-state index contributed by atoms with van der Waals surface area (Å²) in [6.45, 7) is 11.0. The summed E-state index contributed by atoms with van der Waals surface area (Å²) in [4.78, 5) is 11.6. The fraction of sp³-hybridized carbons (Fsp3) is 0.562. The highest BCUT2D eigenvalue weighted by atomic mass is 31.2. The van der Waals surface area contributed by atoms with E-state index in [0.717, 1.165) is 12.0 Å². The quantitative estimate of drug-likeness (QED) is 0.280. The first-order valence-corrected chi connectivity index (χ1v) is 10.1. The van der Waals surface area contributed by atoms with Gasteiger partial charge in [0.25, 0.3) is 5.91 Å². The fourth-order valence-corrected chi connectivity index (χ4v) is 3.16. The van der Waals surface area contributed by atoms with Crippen molar-refractivity contribution in [3.8, 4) is 0 Å². The van der Waals surface area contributed by atoms with E-state index in [9.17, 15) is 14.6 Å². The van der Waals surface area contributed by atoms with Crippen LogP contribution >= 0.6 is 7.14 Å². The molecule has 5 nitrogen and oxygen atoms in total. The Morgan fingerprint density at radius 3 is 2.55 bits per heavy atom. The van der Waals surface area contributed by atoms with E-state index >= 15 is 0 Å². The Balaban J connectivity index is 4.71. The predicted molar refractivity (Wildman–Crippen MR) is 92.7 cm³/mol. The van der Waals surface area contributed by atoms with Gasteiger partial charge in [-0.15, -0.1) is 0 Å². The molecule has 0 aromatic heterocycles. The maximum Gasteiger partial charge on any atom is 0.259 e. The van der Waals surface area contributed by atoms with Crippen molar-refractivity contribution in [1.29, 1.82) is 0 Å². The summed E-state index contributed by atoms with van der Waals surface area (Å²) in [5, 5.41) is 13.0. The van der Waals surface area contributed by atoms with Gasteiger partial charge in [0.2, 0.25) is 0 Å². The number of likely N-dealkylation sites (N-methyl/N-ethyl adjacent to an activating group) is 1. The number of carbonyl (C=O) groups is 1. The number of carbonyl (C=O) groups excluding carboxylic acids is 1. The van der Waals surface area contributed by atoms with Crippen LogP contribution < -0.4 is 5.32 Å². The van der Waals surface area contributed by atoms with Gasteiger partial charge in [-0.1, -0.05) is 30.9 Å². The highest BCUT2D eigenvalue weighted by molar-refractivity contribution is 7.63. The Bertz CT molecular complexity index is 466. The van der Waals surface area contributed by atoms with E-state index in [1.165, 1.54) is 0 Å². The van der Waals surface area contributed by atoms with Gasteiger partial charge in [-0.05, 0) is 45.6 Å². The van der Waals surface area contributed by atoms with Crippen LogP contribution in [0.25, 0.3) is 0 Å². The van der Waals surface area contributed by atoms with Gasteiger partial charge in [-0.2, -0.15) is 0 Å². The molecule has 0 heterocycles. The van der Waals surface area contributed by atoms with Gasteiger partial charge in [0.1, 0.15) is 0 Å². The van der Waals surface area contributed by atoms with Gasteiger partial charge in [0.15, 0.2) is 0 Å². The molecule has 126 valence electrons. The molecule has 1 amide bonds. The number of hydrogen-bond donors (Lipinski definition) is 2. The molecule has 0 aromatic rings. The molecule has 0 fully saturated rings. The fourth-order valence-electron chi connectivity index (χ4n) is 1.88. The van der Waals surface area contributed by atoms with Gasteiger partial charge in [-0.3, -0.25) is 15.3 Å². The number of rotatable bonds is 10. The first-order chi connectivity index (χ1) is 10.3. The molecular weight excluding hydrogens is 299 g/mol. The molecule has 6 heteroatoms. The average molecular weight is 328 g/mol. The van der Waals surface area contributed by atoms with Gasteiger partial charge in [-0.25, -0.2) is 5.06 Å². The minimum absolute atomic E-state index is 0.0251. The Morgan fingerprint density at radius 2 is 2.09 bits per heavy atom. The third-order valence-corrected chi connectivity index (χ3v) is 5.24. The number of amides is 1. The third kappa shape index (κ3) is 8.32. The molecule has 0 saturated carbocycles. The lowest BCUT2D eigenvalue weighted by Crippen LogP contribution is -2.40. The second kappa shape index (κ2) is 10.5. The molecule has 0 rings (SSSR count). The van der Waals surface area contributed by atoms with E-state index in [1.807, 2.05) is 25.2 Å². The summed E-state index contributed by atoms with van der Waals surface area (Å²) in [5.74, 6) is -0.690. The van der Waals surface area contributed by atoms with Crippen molar-refractivity contribution in [3.05, 3.63) is 36.5 Å². The van der Waals surface area contributed by atoms with Crippen LogP contribution in [0.3, 0.4) is 0 Å². The summed E-state index contributed by atoms with van der Waals surface area (Å²) < 4.78 is 12.4. The van der Waals surface area contributed by atoms with Crippen LogP contribution in [0.15, 0.2) is 36.5 Å². The molecule has 1 unspecified atom stereocenters. The van der Waals surface area contributed by atoms with Gasteiger partial charge >= 0.3 is 0 Å². The molecule has 0 radical (unpaired) electrons. The summed E-state index contributed by atoms with van der Waals surface area (Å²) in [7, 11) is -2.41. The summed E-state index contributed by atoms with van der Waals surface area (Å²) in [6.07, 6.45) is 8.99. The minimum Gasteiger partial charge on any atom is -0.323 e. The van der Waals surface area contributed by atoms with Crippen molar-refractivity contribution in [2.24, 2.45) is 0 Å². The number of allylic oxidation sites excluding steroid dienone is 5. The minimum atomic E-state index is -2.41. The Kier molecular flexibility index (Phi) is 9.99. The van der Waals surface area contributed by atoms with Gasteiger partial charge in [0.05, 0.1) is 19.5 Å². The van der Waals surface area contributed by atoms with E-state index < -0.39 is 13.0 Å². The Labute approximate surface area is 134 Å². The molecular formula is C16H29N2O3P. The smallest absolute Gasteiger partial charge is 0.259 e. The largest absolute Gasteiger partial charge is 0.323 e. The molecule has 0 aliphatic carbocycles. The third-order valence-electron chi connectivity index (χ3n) is 3.30. The van der Waals surface area contributed by atoms with Crippen molar-refractivity contribution in [2.45, 2.75) is 32.5 Å². The summed E-state index contributed by atoms with van der Waals surface area (Å²) in [6, 6.07) is 0. The molecule has 2 N–H and O–H groups in total. The van der Waals surface area contributed by atoms with Crippen LogP contribution in [-0.2, 0) is 9.36 Å². The molecule has 0 spiro atoms. The van der Waals surface area contributed by atoms with E-state index in [4.69, 9.17) is 0 Å². The van der Waals surface area contributed by atoms with Gasteiger partial charge < -0.3 is 4.57 Å². The molecule has 0 aromatic carbocycles. The number of nitrogens with zero attached hydrogens (tertiary/aromatic N) is 1. The van der Waals surface area contributed by atoms with E-state index in [-0.39, 0.29) is 18.9 Å². The van der Waals surface area contributed by atoms with Gasteiger partial charge in [0, 0.05) is 6.54 Å². The van der Waals surface area contributed by atoms with Crippen molar-refractivity contribution in [1.82, 2.24) is 10.4 Å². The zero-order valence-corrected chi connectivity index (χ0v) is 15.0. The Morgan fingerprint density at radius 1 is 1.45 bits per heavy atom. The van der Waals surface area contributed by atoms with Crippen LogP contribution in [0.4, 0.5) is 0 Å². The van der Waals surface area contributed by atoms with E-state index in [2.05, 4.69) is 11.9 Å². The monoisotopic (exact) mass is 328 g/mol. The number of nitrogens with one attached hydrogen (secondary N) is 1. The SMILES string of the molecule is C=C/C(=C\C=C/C)CCC(NCC(=O)N(O)CC)P(C)(C)=O. The second-order valence-corrected chi connectivity index (χ2v) is 8.94. The average Bonchev–Trinajstić information content (AvgIpc) is 2.47. The van der Waals surface area contributed by atoms with Crippen LogP contribution in [-0.4, -0.2) is 48.4 Å². The maximum atomic E-state index is 12.4. The molecule has 22 heavy (non-hydrogen) atoms. The molecule has 0 aliphatic rings. The summed E-state index contributed by atoms with van der Waals surface area (Å²) in [5.41, 5.74) is 1.06. The lowest BCUT2D eigenvalue weighted by atomic mass is 10.1. The van der Waals surface area contributed by atoms with E-state index in [0.29, 0.717) is 11.5 Å². The van der Waals surface area contributed by atoms with Crippen molar-refractivity contribution >= 4 is 13.0 Å². The highest BCUT2D eigenvalue weighted by Gasteiger charge is 2.24. The summed E-state index contributed by atoms with van der Waals surface area (Å²) >= 11 is 0. The topological polar surface area (TPSA) is 69.6 Å². The zero-order valence-electron chi connectivity index (χ0n) is 14.1. The van der Waals surface area contributed by atoms with Crippen molar-refractivity contribution < 1.29 is 14.6 Å². The van der Waals surface area contributed by atoms with Crippen molar-refractivity contribution in [2.75, 3.05) is 26.4 Å². The van der Waals surface area contributed by atoms with Crippen LogP contribution in [0.1, 0.15) is 26.7 Å². The van der Waals surface area contributed by atoms with Crippen molar-refractivity contribution in [3.63, 3.8) is 0 Å². The zero-order chi connectivity index (χ0) is 17.2. The normalized spacial score (nSPS) is 14.1. The van der Waals surface area contributed by atoms with Crippen LogP contribution in [0, 0.1) is 0 Å². The highest BCUT2D eigenvalue weighted by Crippen LogP contribution is 2.43. The van der Waals surface area contributed by atoms with Crippen LogP contribution in [0.2, 0.25) is 0 Å². The standard InChI is InChI=1S/C16H29N2O3P/c1-6-9-10-14(7-2)11-12-15(22(4,5)21)17-13-16(19)18(20)8-3/h6-7,9-10,15,17,20H,2,8,11-13H2,1,3-5H3/b9-6-,14-10+. The molecule has 1 atom stereocenters. The first kappa shape index (κ1) is 20.8. The Hall–Kier alpha value is -1.16. The first-order valence-electron chi connectivity index (χ1n) is 7.47. The molecule has 0 aliphatic heterocycles. The number of hydroxylamine groups is 2. The lowest BCUT2D eigenvalue weighted by molar-refractivity contribution is -0.163. The second-order valence-electron chi connectivity index (χ2n) is 5.45. The van der Waals surface area contributed by atoms with E-state index in [1.54, 1.807) is 26.3 Å². The maximum absolute atomic E-state index is 12.4. The lowest BCUT2D eigenvalue weighted by Gasteiger charge is -2.24. The number of hydrogen-bond acceptors (Lipinski definition) is 4. The van der Waals surface area contributed by atoms with Crippen LogP contribution in [0.5, 0.6) is 0 Å². The predicted octanol–water partition coefficient (Wildman–Crippen LogP) is 3.23. The molecule has 0 bridgehead atoms.